The molecule has 0 unspecified atom stereocenters. The normalized spacial score (nSPS) is 13.9. The van der Waals surface area contributed by atoms with Crippen molar-refractivity contribution in [3.05, 3.63) is 40.4 Å². The second kappa shape index (κ2) is 9.44. The van der Waals surface area contributed by atoms with Crippen LogP contribution in [0.1, 0.15) is 5.82 Å². The highest BCUT2D eigenvalue weighted by Gasteiger charge is 2.32. The summed E-state index contributed by atoms with van der Waals surface area (Å²) in [6, 6.07) is 6.89. The van der Waals surface area contributed by atoms with Gasteiger partial charge in [0.2, 0.25) is 11.8 Å². The van der Waals surface area contributed by atoms with Gasteiger partial charge in [-0.3, -0.25) is 30.0 Å². The van der Waals surface area contributed by atoms with E-state index in [9.17, 15) is 19.2 Å². The number of thiocarbonyl (C=S) groups is 2. The average molecular weight is 463 g/mol. The van der Waals surface area contributed by atoms with E-state index in [1.807, 2.05) is 0 Å². The first-order valence-electron chi connectivity index (χ1n) is 8.97. The van der Waals surface area contributed by atoms with Gasteiger partial charge in [-0.05, 0) is 43.5 Å². The molecule has 1 aliphatic rings. The molecule has 0 radical (unpaired) electrons. The van der Waals surface area contributed by atoms with Crippen molar-refractivity contribution in [3.63, 3.8) is 0 Å². The fourth-order valence-electron chi connectivity index (χ4n) is 2.72. The minimum Gasteiger partial charge on any atom is -0.360 e. The summed E-state index contributed by atoms with van der Waals surface area (Å²) in [5, 5.41) is 7.67. The van der Waals surface area contributed by atoms with E-state index in [1.165, 1.54) is 4.68 Å². The number of nitrogens with zero attached hydrogens (tertiary/aromatic N) is 2. The van der Waals surface area contributed by atoms with Crippen molar-refractivity contribution in [1.82, 2.24) is 36.5 Å². The quantitative estimate of drug-likeness (QED) is 0.165. The van der Waals surface area contributed by atoms with Gasteiger partial charge in [0.15, 0.2) is 10.2 Å². The molecule has 1 fully saturated rings. The third kappa shape index (κ3) is 5.29. The van der Waals surface area contributed by atoms with Crippen molar-refractivity contribution in [1.29, 1.82) is 0 Å². The van der Waals surface area contributed by atoms with E-state index in [0.717, 1.165) is 0 Å². The minimum atomic E-state index is -1.03. The van der Waals surface area contributed by atoms with Crippen LogP contribution < -0.4 is 37.8 Å². The SMILES string of the molecule is Cc1nc2ccccc2c(=O)n1NCC(=O)NNC(=S)NCC1C(=O)NC(=S)NC1=O. The summed E-state index contributed by atoms with van der Waals surface area (Å²) in [5.41, 5.74) is 7.72. The largest absolute Gasteiger partial charge is 0.360 e. The number of para-hydroxylation sites is 1. The van der Waals surface area contributed by atoms with Gasteiger partial charge in [-0.15, -0.1) is 0 Å². The Kier molecular flexibility index (Phi) is 6.71. The lowest BCUT2D eigenvalue weighted by Gasteiger charge is -2.23. The lowest BCUT2D eigenvalue weighted by Crippen LogP contribution is -2.59. The Hall–Kier alpha value is -3.65. The standard InChI is InChI=1S/C17H18N8O4S2/c1-8-20-11-5-3-2-4-9(11)15(29)25(8)19-7-12(26)23-24-16(30)18-6-10-13(27)21-17(31)22-14(10)28/h2-5,10,19H,6-7H2,1H3,(H,23,26)(H2,18,24,30)(H2,21,22,27,28,31). The van der Waals surface area contributed by atoms with Crippen molar-refractivity contribution in [3.8, 4) is 0 Å². The van der Waals surface area contributed by atoms with Gasteiger partial charge in [-0.25, -0.2) is 9.66 Å². The van der Waals surface area contributed by atoms with Crippen molar-refractivity contribution in [2.75, 3.05) is 18.5 Å². The van der Waals surface area contributed by atoms with Gasteiger partial charge in [0.05, 0.1) is 10.9 Å². The van der Waals surface area contributed by atoms with Crippen LogP contribution in [0.15, 0.2) is 29.1 Å². The Bertz CT molecular complexity index is 1130. The van der Waals surface area contributed by atoms with Crippen LogP contribution in [0.25, 0.3) is 10.9 Å². The number of hydrazine groups is 1. The summed E-state index contributed by atoms with van der Waals surface area (Å²) >= 11 is 9.72. The van der Waals surface area contributed by atoms with Crippen LogP contribution in [0.4, 0.5) is 0 Å². The van der Waals surface area contributed by atoms with Crippen LogP contribution in [0, 0.1) is 12.8 Å². The van der Waals surface area contributed by atoms with Gasteiger partial charge in [0.25, 0.3) is 11.5 Å². The predicted molar refractivity (Wildman–Crippen MR) is 119 cm³/mol. The monoisotopic (exact) mass is 462 g/mol. The van der Waals surface area contributed by atoms with Gasteiger partial charge < -0.3 is 21.4 Å². The van der Waals surface area contributed by atoms with E-state index >= 15 is 0 Å². The van der Waals surface area contributed by atoms with Crippen LogP contribution >= 0.6 is 24.4 Å². The zero-order valence-electron chi connectivity index (χ0n) is 16.1. The number of fused-ring (bicyclic) bond motifs is 1. The van der Waals surface area contributed by atoms with Gasteiger partial charge in [-0.1, -0.05) is 12.1 Å². The molecule has 2 aromatic rings. The molecule has 31 heavy (non-hydrogen) atoms. The summed E-state index contributed by atoms with van der Waals surface area (Å²) in [7, 11) is 0. The molecule has 14 heteroatoms. The molecule has 2 heterocycles. The molecule has 0 bridgehead atoms. The fraction of sp³-hybridized carbons (Fsp3) is 0.235. The van der Waals surface area contributed by atoms with Crippen LogP contribution in [0.3, 0.4) is 0 Å². The molecule has 1 aliphatic heterocycles. The van der Waals surface area contributed by atoms with Gasteiger partial charge in [-0.2, -0.15) is 0 Å². The highest BCUT2D eigenvalue weighted by atomic mass is 32.1. The number of aryl methyl sites for hydroxylation is 1. The van der Waals surface area contributed by atoms with Crippen LogP contribution in [0.5, 0.6) is 0 Å². The number of aromatic nitrogens is 2. The molecule has 3 amide bonds. The number of hydrogen-bond donors (Lipinski definition) is 6. The molecule has 0 atom stereocenters. The maximum Gasteiger partial charge on any atom is 0.279 e. The molecule has 0 spiro atoms. The summed E-state index contributed by atoms with van der Waals surface area (Å²) in [6.45, 7) is 1.29. The number of carbonyl (C=O) groups is 3. The maximum absolute atomic E-state index is 12.5. The Labute approximate surface area is 186 Å². The number of benzene rings is 1. The Morgan fingerprint density at radius 3 is 2.55 bits per heavy atom. The third-order valence-electron chi connectivity index (χ3n) is 4.23. The lowest BCUT2D eigenvalue weighted by atomic mass is 10.1. The van der Waals surface area contributed by atoms with Crippen molar-refractivity contribution in [2.24, 2.45) is 5.92 Å². The van der Waals surface area contributed by atoms with Crippen LogP contribution in [-0.4, -0.2) is 50.7 Å². The molecule has 1 saturated heterocycles. The van der Waals surface area contributed by atoms with E-state index in [0.29, 0.717) is 16.7 Å². The molecule has 1 aromatic carbocycles. The molecular weight excluding hydrogens is 444 g/mol. The van der Waals surface area contributed by atoms with E-state index < -0.39 is 23.6 Å². The Balaban J connectivity index is 1.47. The van der Waals surface area contributed by atoms with Crippen molar-refractivity contribution >= 4 is 63.3 Å². The molecule has 0 saturated carbocycles. The lowest BCUT2D eigenvalue weighted by molar-refractivity contribution is -0.134. The third-order valence-corrected chi connectivity index (χ3v) is 4.68. The Morgan fingerprint density at radius 2 is 1.84 bits per heavy atom. The average Bonchev–Trinajstić information content (AvgIpc) is 2.71. The topological polar surface area (TPSA) is 158 Å². The van der Waals surface area contributed by atoms with E-state index in [-0.39, 0.29) is 28.9 Å². The number of amides is 3. The zero-order valence-corrected chi connectivity index (χ0v) is 17.8. The maximum atomic E-state index is 12.5. The molecule has 1 aromatic heterocycles. The van der Waals surface area contributed by atoms with Crippen molar-refractivity contribution < 1.29 is 14.4 Å². The van der Waals surface area contributed by atoms with Gasteiger partial charge >= 0.3 is 0 Å². The molecule has 0 aliphatic carbocycles. The highest BCUT2D eigenvalue weighted by molar-refractivity contribution is 7.80. The van der Waals surface area contributed by atoms with E-state index in [2.05, 4.69) is 37.2 Å². The zero-order chi connectivity index (χ0) is 22.5. The van der Waals surface area contributed by atoms with Crippen LogP contribution in [-0.2, 0) is 14.4 Å². The Morgan fingerprint density at radius 1 is 1.16 bits per heavy atom. The number of nitrogens with one attached hydrogen (secondary N) is 6. The fourth-order valence-corrected chi connectivity index (χ4v) is 3.06. The first-order chi connectivity index (χ1) is 14.8. The first-order valence-corrected chi connectivity index (χ1v) is 9.78. The van der Waals surface area contributed by atoms with E-state index in [4.69, 9.17) is 24.4 Å². The van der Waals surface area contributed by atoms with Gasteiger partial charge in [0, 0.05) is 6.54 Å². The molecule has 162 valence electrons. The summed E-state index contributed by atoms with van der Waals surface area (Å²) < 4.78 is 1.18. The van der Waals surface area contributed by atoms with Crippen LogP contribution in [0.2, 0.25) is 0 Å². The predicted octanol–water partition coefficient (Wildman–Crippen LogP) is -2.11. The van der Waals surface area contributed by atoms with Gasteiger partial charge in [0.1, 0.15) is 18.3 Å². The smallest absolute Gasteiger partial charge is 0.279 e. The second-order valence-corrected chi connectivity index (χ2v) is 7.21. The molecule has 3 rings (SSSR count). The molecule has 6 N–H and O–H groups in total. The second-order valence-electron chi connectivity index (χ2n) is 6.40. The first kappa shape index (κ1) is 22.0. The van der Waals surface area contributed by atoms with E-state index in [1.54, 1.807) is 31.2 Å². The highest BCUT2D eigenvalue weighted by Crippen LogP contribution is 2.06. The number of hydrogen-bond acceptors (Lipinski definition) is 8. The number of carbonyl (C=O) groups excluding carboxylic acids is 3. The summed E-state index contributed by atoms with van der Waals surface area (Å²) in [6.07, 6.45) is 0. The molecule has 12 nitrogen and oxygen atoms in total. The summed E-state index contributed by atoms with van der Waals surface area (Å²) in [4.78, 5) is 52.5. The number of rotatable bonds is 5. The minimum absolute atomic E-state index is 0.0113. The molecular formula is C17H18N8O4S2. The summed E-state index contributed by atoms with van der Waals surface area (Å²) in [5.74, 6) is -2.27. The van der Waals surface area contributed by atoms with Crippen molar-refractivity contribution in [2.45, 2.75) is 6.92 Å².